The zero-order valence-electron chi connectivity index (χ0n) is 23.7. The summed E-state index contributed by atoms with van der Waals surface area (Å²) in [4.78, 5) is 51.6. The lowest BCUT2D eigenvalue weighted by molar-refractivity contribution is -0.143. The first-order valence-electron chi connectivity index (χ1n) is 14.0. The number of aliphatic carboxylic acids is 1. The zero-order valence-corrected chi connectivity index (χ0v) is 23.7. The highest BCUT2D eigenvalue weighted by Crippen LogP contribution is 2.14. The van der Waals surface area contributed by atoms with Crippen molar-refractivity contribution in [1.29, 1.82) is 0 Å². The molecule has 11 heteroatoms. The number of hydrogen-bond acceptors (Lipinski definition) is 7. The molecule has 0 saturated carbocycles. The first-order chi connectivity index (χ1) is 19.5. The lowest BCUT2D eigenvalue weighted by atomic mass is 9.98. The predicted octanol–water partition coefficient (Wildman–Crippen LogP) is 1.22. The van der Waals surface area contributed by atoms with E-state index < -0.39 is 47.9 Å². The number of phenols is 1. The van der Waals surface area contributed by atoms with Gasteiger partial charge < -0.3 is 37.6 Å². The van der Waals surface area contributed by atoms with Gasteiger partial charge in [-0.1, -0.05) is 62.7 Å². The van der Waals surface area contributed by atoms with Crippen molar-refractivity contribution in [2.75, 3.05) is 6.54 Å². The largest absolute Gasteiger partial charge is 0.508 e. The van der Waals surface area contributed by atoms with Crippen molar-refractivity contribution < 1.29 is 29.4 Å². The minimum atomic E-state index is -1.18. The second-order valence-electron chi connectivity index (χ2n) is 10.3. The second kappa shape index (κ2) is 17.0. The third kappa shape index (κ3) is 11.2. The number of benzene rings is 2. The number of phenolic OH excluding ortho intramolecular Hbond substituents is 1. The van der Waals surface area contributed by atoms with Crippen molar-refractivity contribution in [3.63, 3.8) is 0 Å². The van der Waals surface area contributed by atoms with Crippen LogP contribution >= 0.6 is 0 Å². The summed E-state index contributed by atoms with van der Waals surface area (Å²) in [5.41, 5.74) is 13.3. The number of nitrogens with two attached hydrogens (primary N) is 2. The molecule has 2 aromatic carbocycles. The average Bonchev–Trinajstić information content (AvgIpc) is 2.95. The summed E-state index contributed by atoms with van der Waals surface area (Å²) >= 11 is 0. The monoisotopic (exact) mass is 569 g/mol. The van der Waals surface area contributed by atoms with E-state index in [2.05, 4.69) is 16.0 Å². The number of unbranched alkanes of at least 4 members (excludes halogenated alkanes) is 1. The molecule has 224 valence electrons. The molecule has 41 heavy (non-hydrogen) atoms. The van der Waals surface area contributed by atoms with Crippen molar-refractivity contribution in [2.24, 2.45) is 17.4 Å². The Bertz CT molecular complexity index is 1130. The number of aromatic hydroxyl groups is 1. The quantitative estimate of drug-likeness (QED) is 0.138. The summed E-state index contributed by atoms with van der Waals surface area (Å²) in [6.07, 6.45) is 2.27. The number of carbonyl (C=O) groups is 4. The fraction of sp³-hybridized carbons (Fsp3) is 0.467. The van der Waals surface area contributed by atoms with Crippen molar-refractivity contribution in [2.45, 2.75) is 76.5 Å². The Morgan fingerprint density at radius 1 is 0.805 bits per heavy atom. The van der Waals surface area contributed by atoms with Gasteiger partial charge in [0, 0.05) is 6.42 Å². The number of rotatable bonds is 17. The Hall–Kier alpha value is -3.96. The van der Waals surface area contributed by atoms with Gasteiger partial charge in [0.05, 0.1) is 6.04 Å². The second-order valence-corrected chi connectivity index (χ2v) is 10.3. The lowest BCUT2D eigenvalue weighted by Gasteiger charge is -2.27. The van der Waals surface area contributed by atoms with Gasteiger partial charge in [0.2, 0.25) is 17.7 Å². The van der Waals surface area contributed by atoms with Crippen LogP contribution in [-0.2, 0) is 32.0 Å². The molecule has 0 fully saturated rings. The number of carboxylic acid groups (broad SMARTS) is 1. The molecule has 0 bridgehead atoms. The van der Waals surface area contributed by atoms with E-state index in [0.717, 1.165) is 5.56 Å². The molecule has 9 N–H and O–H groups in total. The van der Waals surface area contributed by atoms with Crippen LogP contribution in [0.2, 0.25) is 0 Å². The predicted molar refractivity (Wildman–Crippen MR) is 156 cm³/mol. The molecule has 3 amide bonds. The maximum atomic E-state index is 13.5. The Kier molecular flexibility index (Phi) is 13.8. The maximum absolute atomic E-state index is 13.5. The summed E-state index contributed by atoms with van der Waals surface area (Å²) in [7, 11) is 0. The third-order valence-corrected chi connectivity index (χ3v) is 7.00. The molecule has 2 aromatic rings. The van der Waals surface area contributed by atoms with Gasteiger partial charge in [-0.2, -0.15) is 0 Å². The van der Waals surface area contributed by atoms with Gasteiger partial charge in [0.1, 0.15) is 23.9 Å². The summed E-state index contributed by atoms with van der Waals surface area (Å²) in [6.45, 7) is 3.95. The molecule has 5 atom stereocenters. The molecule has 0 aliphatic carbocycles. The van der Waals surface area contributed by atoms with E-state index in [1.54, 1.807) is 19.1 Å². The van der Waals surface area contributed by atoms with E-state index >= 15 is 0 Å². The Balaban J connectivity index is 2.24. The highest BCUT2D eigenvalue weighted by atomic mass is 16.4. The third-order valence-electron chi connectivity index (χ3n) is 7.00. The molecular weight excluding hydrogens is 526 g/mol. The van der Waals surface area contributed by atoms with E-state index in [9.17, 15) is 29.4 Å². The lowest BCUT2D eigenvalue weighted by Crippen LogP contribution is -2.58. The van der Waals surface area contributed by atoms with Gasteiger partial charge in [-0.25, -0.2) is 4.79 Å². The number of amides is 3. The first kappa shape index (κ1) is 33.2. The number of carboxylic acids is 1. The van der Waals surface area contributed by atoms with Crippen LogP contribution in [0.5, 0.6) is 5.75 Å². The highest BCUT2D eigenvalue weighted by Gasteiger charge is 2.32. The molecule has 0 spiro atoms. The van der Waals surface area contributed by atoms with Gasteiger partial charge in [0.25, 0.3) is 0 Å². The Morgan fingerprint density at radius 3 is 1.98 bits per heavy atom. The van der Waals surface area contributed by atoms with E-state index in [0.29, 0.717) is 31.4 Å². The van der Waals surface area contributed by atoms with E-state index in [-0.39, 0.29) is 30.9 Å². The van der Waals surface area contributed by atoms with Crippen LogP contribution in [0.25, 0.3) is 0 Å². The molecule has 0 saturated heterocycles. The molecule has 0 aliphatic heterocycles. The Labute approximate surface area is 241 Å². The van der Waals surface area contributed by atoms with Crippen LogP contribution in [0.3, 0.4) is 0 Å². The minimum absolute atomic E-state index is 0.0295. The van der Waals surface area contributed by atoms with E-state index in [1.165, 1.54) is 12.1 Å². The fourth-order valence-corrected chi connectivity index (χ4v) is 4.29. The fourth-order valence-electron chi connectivity index (χ4n) is 4.29. The normalized spacial score (nSPS) is 14.6. The van der Waals surface area contributed by atoms with Gasteiger partial charge in [0.15, 0.2) is 0 Å². The number of carbonyl (C=O) groups excluding carboxylic acids is 3. The van der Waals surface area contributed by atoms with Gasteiger partial charge >= 0.3 is 5.97 Å². The molecule has 0 radical (unpaired) electrons. The molecule has 0 aromatic heterocycles. The van der Waals surface area contributed by atoms with Crippen LogP contribution in [0.4, 0.5) is 0 Å². The van der Waals surface area contributed by atoms with Crippen LogP contribution in [0.15, 0.2) is 54.6 Å². The average molecular weight is 570 g/mol. The SMILES string of the molecule is CCC(C)C(NC(=O)C(Cc1ccc(O)cc1)NC(=O)C(CCCCN)NC(=O)C(N)Cc1ccccc1)C(=O)O. The summed E-state index contributed by atoms with van der Waals surface area (Å²) in [5, 5.41) is 27.3. The zero-order chi connectivity index (χ0) is 30.4. The van der Waals surface area contributed by atoms with Crippen molar-refractivity contribution in [1.82, 2.24) is 16.0 Å². The molecular formula is C30H43N5O6. The van der Waals surface area contributed by atoms with Gasteiger partial charge in [-0.3, -0.25) is 14.4 Å². The molecule has 5 unspecified atom stereocenters. The van der Waals surface area contributed by atoms with E-state index in [1.807, 2.05) is 37.3 Å². The maximum Gasteiger partial charge on any atom is 0.326 e. The minimum Gasteiger partial charge on any atom is -0.508 e. The topological polar surface area (TPSA) is 197 Å². The van der Waals surface area contributed by atoms with Crippen LogP contribution in [-0.4, -0.2) is 64.6 Å². The molecule has 11 nitrogen and oxygen atoms in total. The highest BCUT2D eigenvalue weighted by molar-refractivity contribution is 5.94. The van der Waals surface area contributed by atoms with Crippen molar-refractivity contribution in [3.8, 4) is 5.75 Å². The van der Waals surface area contributed by atoms with Crippen molar-refractivity contribution in [3.05, 3.63) is 65.7 Å². The van der Waals surface area contributed by atoms with Crippen LogP contribution in [0, 0.1) is 5.92 Å². The Morgan fingerprint density at radius 2 is 1.39 bits per heavy atom. The summed E-state index contributed by atoms with van der Waals surface area (Å²) in [6, 6.07) is 11.2. The van der Waals surface area contributed by atoms with Gasteiger partial charge in [-0.05, 0) is 61.4 Å². The molecule has 0 aliphatic rings. The smallest absolute Gasteiger partial charge is 0.326 e. The van der Waals surface area contributed by atoms with Crippen LogP contribution in [0.1, 0.15) is 50.7 Å². The van der Waals surface area contributed by atoms with Gasteiger partial charge in [-0.15, -0.1) is 0 Å². The standard InChI is InChI=1S/C30H43N5O6/c1-3-19(2)26(30(40)41)35-29(39)25(18-21-12-14-22(36)15-13-21)34-28(38)24(11-7-8-16-31)33-27(37)23(32)17-20-9-5-4-6-10-20/h4-6,9-10,12-15,19,23-26,36H,3,7-8,11,16-18,31-32H2,1-2H3,(H,33,37)(H,34,38)(H,35,39)(H,40,41). The summed E-state index contributed by atoms with van der Waals surface area (Å²) < 4.78 is 0. The number of nitrogens with one attached hydrogen (secondary N) is 3. The molecule has 2 rings (SSSR count). The van der Waals surface area contributed by atoms with Crippen molar-refractivity contribution >= 4 is 23.7 Å². The van der Waals surface area contributed by atoms with Crippen LogP contribution < -0.4 is 27.4 Å². The molecule has 0 heterocycles. The number of hydrogen-bond donors (Lipinski definition) is 7. The summed E-state index contributed by atoms with van der Waals surface area (Å²) in [5.74, 6) is -3.28. The van der Waals surface area contributed by atoms with E-state index in [4.69, 9.17) is 11.5 Å². The first-order valence-corrected chi connectivity index (χ1v) is 14.0.